The second-order valence-electron chi connectivity index (χ2n) is 6.99. The van der Waals surface area contributed by atoms with Gasteiger partial charge in [-0.25, -0.2) is 9.97 Å². The van der Waals surface area contributed by atoms with Gasteiger partial charge in [-0.15, -0.1) is 0 Å². The first-order chi connectivity index (χ1) is 12.5. The second-order valence-corrected chi connectivity index (χ2v) is 6.99. The van der Waals surface area contributed by atoms with Crippen molar-refractivity contribution in [3.05, 3.63) is 41.1 Å². The molecule has 0 unspecified atom stereocenters. The van der Waals surface area contributed by atoms with E-state index in [1.165, 1.54) is 5.56 Å². The first-order valence-corrected chi connectivity index (χ1v) is 8.81. The fourth-order valence-electron chi connectivity index (χ4n) is 3.78. The third-order valence-electron chi connectivity index (χ3n) is 5.45. The molecule has 0 bridgehead atoms. The first-order valence-electron chi connectivity index (χ1n) is 8.81. The number of amides is 2. The number of rotatable bonds is 4. The fourth-order valence-corrected chi connectivity index (χ4v) is 3.78. The van der Waals surface area contributed by atoms with Gasteiger partial charge in [0.15, 0.2) is 0 Å². The first kappa shape index (κ1) is 16.5. The molecule has 0 spiro atoms. The number of benzene rings is 1. The number of nitrogens with zero attached hydrogens (tertiary/aromatic N) is 3. The zero-order valence-electron chi connectivity index (χ0n) is 14.6. The van der Waals surface area contributed by atoms with Crippen molar-refractivity contribution < 1.29 is 9.59 Å². The van der Waals surface area contributed by atoms with Crippen molar-refractivity contribution in [3.63, 3.8) is 0 Å². The van der Waals surface area contributed by atoms with E-state index in [0.29, 0.717) is 18.1 Å². The van der Waals surface area contributed by atoms with Crippen LogP contribution in [-0.4, -0.2) is 34.4 Å². The van der Waals surface area contributed by atoms with Gasteiger partial charge in [0.25, 0.3) is 0 Å². The molecule has 4 N–H and O–H groups in total. The highest BCUT2D eigenvalue weighted by Gasteiger charge is 2.41. The van der Waals surface area contributed by atoms with E-state index in [-0.39, 0.29) is 17.9 Å². The smallest absolute Gasteiger partial charge is 0.248 e. The number of primary amides is 2. The molecule has 1 saturated heterocycles. The number of nitrogens with two attached hydrogens (primary N) is 2. The van der Waals surface area contributed by atoms with Crippen LogP contribution in [0.25, 0.3) is 11.3 Å². The number of aromatic nitrogens is 2. The summed E-state index contributed by atoms with van der Waals surface area (Å²) in [4.78, 5) is 34.3. The van der Waals surface area contributed by atoms with Crippen molar-refractivity contribution in [1.82, 2.24) is 9.97 Å². The Bertz CT molecular complexity index is 894. The molecule has 1 aromatic carbocycles. The van der Waals surface area contributed by atoms with Gasteiger partial charge in [0.2, 0.25) is 17.8 Å². The van der Waals surface area contributed by atoms with Gasteiger partial charge in [0.1, 0.15) is 0 Å². The standard InChI is InChI=1S/C19H21N5O2/c1-10-14(18(21)26)9-24(10)19-22-15-4-2-3-13(15)16(23-19)11-5-7-12(8-6-11)17(20)25/h5-8,10,14H,2-4,9H2,1H3,(H2,20,25)(H2,21,26)/t10-,14+/m0/s1. The molecule has 2 atom stereocenters. The van der Waals surface area contributed by atoms with Crippen LogP contribution in [0, 0.1) is 5.92 Å². The molecule has 2 aromatic rings. The topological polar surface area (TPSA) is 115 Å². The van der Waals surface area contributed by atoms with E-state index >= 15 is 0 Å². The summed E-state index contributed by atoms with van der Waals surface area (Å²) in [6.45, 7) is 2.52. The van der Waals surface area contributed by atoms with Gasteiger partial charge in [-0.3, -0.25) is 9.59 Å². The molecule has 7 heteroatoms. The zero-order chi connectivity index (χ0) is 18.4. The third-order valence-corrected chi connectivity index (χ3v) is 5.45. The number of carbonyl (C=O) groups excluding carboxylic acids is 2. The lowest BCUT2D eigenvalue weighted by Crippen LogP contribution is -2.60. The van der Waals surface area contributed by atoms with Gasteiger partial charge in [-0.2, -0.15) is 0 Å². The number of fused-ring (bicyclic) bond motifs is 1. The lowest BCUT2D eigenvalue weighted by Gasteiger charge is -2.44. The van der Waals surface area contributed by atoms with Crippen molar-refractivity contribution in [2.24, 2.45) is 17.4 Å². The van der Waals surface area contributed by atoms with Crippen molar-refractivity contribution in [2.75, 3.05) is 11.4 Å². The van der Waals surface area contributed by atoms with E-state index in [1.807, 2.05) is 24.0 Å². The zero-order valence-corrected chi connectivity index (χ0v) is 14.6. The van der Waals surface area contributed by atoms with E-state index in [1.54, 1.807) is 12.1 Å². The molecular formula is C19H21N5O2. The van der Waals surface area contributed by atoms with Crippen molar-refractivity contribution >= 4 is 17.8 Å². The van der Waals surface area contributed by atoms with E-state index < -0.39 is 5.91 Å². The Morgan fingerprint density at radius 1 is 1.12 bits per heavy atom. The average molecular weight is 351 g/mol. The molecule has 2 aliphatic rings. The lowest BCUT2D eigenvalue weighted by atomic mass is 9.90. The van der Waals surface area contributed by atoms with Gasteiger partial charge >= 0.3 is 0 Å². The predicted octanol–water partition coefficient (Wildman–Crippen LogP) is 1.04. The minimum Gasteiger partial charge on any atom is -0.369 e. The predicted molar refractivity (Wildman–Crippen MR) is 97.5 cm³/mol. The van der Waals surface area contributed by atoms with Crippen LogP contribution < -0.4 is 16.4 Å². The van der Waals surface area contributed by atoms with Crippen LogP contribution in [0.4, 0.5) is 5.95 Å². The van der Waals surface area contributed by atoms with Crippen LogP contribution in [0.5, 0.6) is 0 Å². The maximum absolute atomic E-state index is 11.4. The van der Waals surface area contributed by atoms with Crippen LogP contribution >= 0.6 is 0 Å². The Hall–Kier alpha value is -2.96. The van der Waals surface area contributed by atoms with Gasteiger partial charge in [-0.1, -0.05) is 12.1 Å². The molecule has 0 radical (unpaired) electrons. The summed E-state index contributed by atoms with van der Waals surface area (Å²) in [7, 11) is 0. The van der Waals surface area contributed by atoms with Gasteiger partial charge in [-0.05, 0) is 38.3 Å². The van der Waals surface area contributed by atoms with Gasteiger partial charge in [0.05, 0.1) is 11.6 Å². The Labute approximate surface area is 151 Å². The van der Waals surface area contributed by atoms with Crippen LogP contribution in [0.2, 0.25) is 0 Å². The van der Waals surface area contributed by atoms with Crippen molar-refractivity contribution in [1.29, 1.82) is 0 Å². The molecule has 0 saturated carbocycles. The summed E-state index contributed by atoms with van der Waals surface area (Å²) in [5.41, 5.74) is 15.3. The maximum Gasteiger partial charge on any atom is 0.248 e. The van der Waals surface area contributed by atoms with E-state index in [4.69, 9.17) is 21.4 Å². The average Bonchev–Trinajstić information content (AvgIpc) is 3.08. The fraction of sp³-hybridized carbons (Fsp3) is 0.368. The summed E-state index contributed by atoms with van der Waals surface area (Å²) >= 11 is 0. The molecule has 2 heterocycles. The van der Waals surface area contributed by atoms with Crippen LogP contribution in [0.1, 0.15) is 35.0 Å². The Balaban J connectivity index is 1.72. The molecule has 1 aliphatic heterocycles. The second kappa shape index (κ2) is 6.09. The maximum atomic E-state index is 11.4. The van der Waals surface area contributed by atoms with Crippen molar-refractivity contribution in [3.8, 4) is 11.3 Å². The molecular weight excluding hydrogens is 330 g/mol. The molecule has 134 valence electrons. The number of carbonyl (C=O) groups is 2. The molecule has 7 nitrogen and oxygen atoms in total. The molecule has 1 fully saturated rings. The summed E-state index contributed by atoms with van der Waals surface area (Å²) < 4.78 is 0. The lowest BCUT2D eigenvalue weighted by molar-refractivity contribution is -0.123. The highest BCUT2D eigenvalue weighted by molar-refractivity contribution is 5.93. The molecule has 4 rings (SSSR count). The Kier molecular flexibility index (Phi) is 3.86. The Morgan fingerprint density at radius 3 is 2.46 bits per heavy atom. The highest BCUT2D eigenvalue weighted by Crippen LogP contribution is 2.35. The molecule has 26 heavy (non-hydrogen) atoms. The minimum absolute atomic E-state index is 0.00274. The number of hydrogen-bond acceptors (Lipinski definition) is 5. The Morgan fingerprint density at radius 2 is 1.85 bits per heavy atom. The number of hydrogen-bond donors (Lipinski definition) is 2. The summed E-state index contributed by atoms with van der Waals surface area (Å²) in [6.07, 6.45) is 2.93. The van der Waals surface area contributed by atoms with Gasteiger partial charge in [0, 0.05) is 35.0 Å². The quantitative estimate of drug-likeness (QED) is 0.854. The normalized spacial score (nSPS) is 21.2. The summed E-state index contributed by atoms with van der Waals surface area (Å²) in [5.74, 6) is -0.246. The number of anilines is 1. The third kappa shape index (κ3) is 2.60. The van der Waals surface area contributed by atoms with Crippen LogP contribution in [-0.2, 0) is 17.6 Å². The highest BCUT2D eigenvalue weighted by atomic mass is 16.1. The van der Waals surface area contributed by atoms with Gasteiger partial charge < -0.3 is 16.4 Å². The van der Waals surface area contributed by atoms with E-state index in [0.717, 1.165) is 36.2 Å². The van der Waals surface area contributed by atoms with E-state index in [2.05, 4.69) is 0 Å². The largest absolute Gasteiger partial charge is 0.369 e. The summed E-state index contributed by atoms with van der Waals surface area (Å²) in [5, 5.41) is 0. The molecule has 1 aromatic heterocycles. The molecule has 2 amide bonds. The SMILES string of the molecule is C[C@H]1[C@H](C(N)=O)CN1c1nc2c(c(-c3ccc(C(N)=O)cc3)n1)CCC2. The van der Waals surface area contributed by atoms with Crippen LogP contribution in [0.3, 0.4) is 0 Å². The monoisotopic (exact) mass is 351 g/mol. The van der Waals surface area contributed by atoms with Crippen molar-refractivity contribution in [2.45, 2.75) is 32.2 Å². The molecule has 1 aliphatic carbocycles. The minimum atomic E-state index is -0.447. The van der Waals surface area contributed by atoms with E-state index in [9.17, 15) is 9.59 Å². The summed E-state index contributed by atoms with van der Waals surface area (Å²) in [6, 6.07) is 7.18. The van der Waals surface area contributed by atoms with Crippen LogP contribution in [0.15, 0.2) is 24.3 Å². The number of aryl methyl sites for hydroxylation is 1.